The number of methoxy groups -OCH3 is 1. The second-order valence-corrected chi connectivity index (χ2v) is 6.64. The van der Waals surface area contributed by atoms with Gasteiger partial charge in [0, 0.05) is 22.9 Å². The van der Waals surface area contributed by atoms with E-state index >= 15 is 0 Å². The van der Waals surface area contributed by atoms with Crippen LogP contribution in [-0.2, 0) is 6.42 Å². The topological polar surface area (TPSA) is 34.4 Å². The van der Waals surface area contributed by atoms with E-state index in [1.165, 1.54) is 36.0 Å². The largest absolute Gasteiger partial charge is 0.497 e. The fraction of sp³-hybridized carbons (Fsp3) is 0.600. The molecule has 2 aromatic rings. The summed E-state index contributed by atoms with van der Waals surface area (Å²) < 4.78 is 11.7. The molecule has 2 heterocycles. The van der Waals surface area contributed by atoms with Gasteiger partial charge in [-0.3, -0.25) is 0 Å². The molecule has 1 fully saturated rings. The maximum Gasteiger partial charge on any atom is 0.134 e. The monoisotopic (exact) mass is 315 g/mol. The minimum absolute atomic E-state index is 0.532. The van der Waals surface area contributed by atoms with Gasteiger partial charge in [0.25, 0.3) is 0 Å². The Hall–Kier alpha value is -1.48. The summed E-state index contributed by atoms with van der Waals surface area (Å²) in [5, 5.41) is 4.98. The zero-order valence-electron chi connectivity index (χ0n) is 14.8. The van der Waals surface area contributed by atoms with Gasteiger partial charge >= 0.3 is 0 Å². The van der Waals surface area contributed by atoms with Crippen molar-refractivity contribution < 1.29 is 9.15 Å². The van der Waals surface area contributed by atoms with E-state index in [2.05, 4.69) is 24.4 Å². The van der Waals surface area contributed by atoms with Crippen LogP contribution < -0.4 is 10.1 Å². The summed E-state index contributed by atoms with van der Waals surface area (Å²) in [7, 11) is 1.72. The Morgan fingerprint density at radius 1 is 1.22 bits per heavy atom. The minimum Gasteiger partial charge on any atom is -0.497 e. The molecule has 1 aliphatic heterocycles. The first-order valence-electron chi connectivity index (χ1n) is 9.09. The number of fused-ring (bicyclic) bond motifs is 5. The molecule has 1 aromatic heterocycles. The molecule has 1 saturated carbocycles. The Bertz CT molecular complexity index is 661. The van der Waals surface area contributed by atoms with Crippen LogP contribution in [0.3, 0.4) is 0 Å². The maximum atomic E-state index is 6.29. The van der Waals surface area contributed by atoms with Crippen LogP contribution in [0.4, 0.5) is 0 Å². The standard InChI is InChI=1S/C18H23NO2.C2H6/c1-11-3-5-16-15(9-11)18-13(7-8-19-16)14-10-12(20-2)4-6-17(14)21-18;1-2/h4,6,10-11,15-16,19H,3,5,7-9H2,1-2H3;1-2H3. The predicted molar refractivity (Wildman–Crippen MR) is 95.4 cm³/mol. The van der Waals surface area contributed by atoms with E-state index in [0.717, 1.165) is 30.2 Å². The van der Waals surface area contributed by atoms with Gasteiger partial charge in [0.15, 0.2) is 0 Å². The lowest BCUT2D eigenvalue weighted by molar-refractivity contribution is 0.254. The van der Waals surface area contributed by atoms with Crippen molar-refractivity contribution in [1.29, 1.82) is 0 Å². The highest BCUT2D eigenvalue weighted by Gasteiger charge is 2.35. The van der Waals surface area contributed by atoms with Crippen molar-refractivity contribution in [3.63, 3.8) is 0 Å². The van der Waals surface area contributed by atoms with Crippen molar-refractivity contribution in [3.05, 3.63) is 29.5 Å². The number of hydrogen-bond donors (Lipinski definition) is 1. The molecule has 1 N–H and O–H groups in total. The van der Waals surface area contributed by atoms with E-state index in [1.54, 1.807) is 7.11 Å². The molecule has 3 nitrogen and oxygen atoms in total. The molecule has 3 atom stereocenters. The van der Waals surface area contributed by atoms with Crippen molar-refractivity contribution in [1.82, 2.24) is 5.32 Å². The van der Waals surface area contributed by atoms with E-state index in [4.69, 9.17) is 9.15 Å². The summed E-state index contributed by atoms with van der Waals surface area (Å²) in [5.74, 6) is 3.48. The summed E-state index contributed by atoms with van der Waals surface area (Å²) >= 11 is 0. The Labute approximate surface area is 139 Å². The quantitative estimate of drug-likeness (QED) is 0.814. The van der Waals surface area contributed by atoms with Crippen molar-refractivity contribution in [2.45, 2.75) is 58.4 Å². The van der Waals surface area contributed by atoms with Crippen LogP contribution in [0.15, 0.2) is 22.6 Å². The molecular formula is C20H29NO2. The van der Waals surface area contributed by atoms with Crippen LogP contribution in [0.25, 0.3) is 11.0 Å². The fourth-order valence-electron chi connectivity index (χ4n) is 4.13. The van der Waals surface area contributed by atoms with Crippen LogP contribution >= 0.6 is 0 Å². The molecule has 3 unspecified atom stereocenters. The Morgan fingerprint density at radius 2 is 2.04 bits per heavy atom. The van der Waals surface area contributed by atoms with Crippen LogP contribution in [-0.4, -0.2) is 19.7 Å². The van der Waals surface area contributed by atoms with Crippen molar-refractivity contribution in [2.24, 2.45) is 5.92 Å². The summed E-state index contributed by atoms with van der Waals surface area (Å²) in [6.07, 6.45) is 4.89. The molecule has 126 valence electrons. The highest BCUT2D eigenvalue weighted by Crippen LogP contribution is 2.43. The first-order chi connectivity index (χ1) is 11.3. The van der Waals surface area contributed by atoms with E-state index in [9.17, 15) is 0 Å². The van der Waals surface area contributed by atoms with E-state index in [0.29, 0.717) is 12.0 Å². The van der Waals surface area contributed by atoms with E-state index in [1.807, 2.05) is 19.9 Å². The Balaban J connectivity index is 0.000000753. The number of rotatable bonds is 1. The molecule has 1 aliphatic carbocycles. The van der Waals surface area contributed by atoms with Gasteiger partial charge in [-0.25, -0.2) is 0 Å². The van der Waals surface area contributed by atoms with E-state index < -0.39 is 0 Å². The van der Waals surface area contributed by atoms with Crippen LogP contribution in [0.2, 0.25) is 0 Å². The molecule has 0 spiro atoms. The highest BCUT2D eigenvalue weighted by molar-refractivity contribution is 5.84. The molecule has 4 rings (SSSR count). The number of ether oxygens (including phenoxy) is 1. The highest BCUT2D eigenvalue weighted by atomic mass is 16.5. The third-order valence-electron chi connectivity index (χ3n) is 5.26. The van der Waals surface area contributed by atoms with Crippen LogP contribution in [0, 0.1) is 5.92 Å². The molecule has 2 aliphatic rings. The summed E-state index contributed by atoms with van der Waals surface area (Å²) in [5.41, 5.74) is 2.41. The SMILES string of the molecule is CC.COc1ccc2oc3c(c2c1)CCNC1CCC(C)CC31. The Morgan fingerprint density at radius 3 is 2.83 bits per heavy atom. The molecule has 0 bridgehead atoms. The van der Waals surface area contributed by atoms with Crippen molar-refractivity contribution >= 4 is 11.0 Å². The van der Waals surface area contributed by atoms with Gasteiger partial charge < -0.3 is 14.5 Å². The lowest BCUT2D eigenvalue weighted by atomic mass is 9.77. The zero-order valence-corrected chi connectivity index (χ0v) is 14.8. The van der Waals surface area contributed by atoms with Gasteiger partial charge in [0.05, 0.1) is 7.11 Å². The average Bonchev–Trinajstić information content (AvgIpc) is 2.86. The molecular weight excluding hydrogens is 286 g/mol. The number of furan rings is 1. The smallest absolute Gasteiger partial charge is 0.134 e. The number of hydrogen-bond acceptors (Lipinski definition) is 3. The predicted octanol–water partition coefficient (Wildman–Crippen LogP) is 4.89. The second kappa shape index (κ2) is 6.96. The summed E-state index contributed by atoms with van der Waals surface area (Å²) in [6.45, 7) is 7.42. The fourth-order valence-corrected chi connectivity index (χ4v) is 4.13. The first kappa shape index (κ1) is 16.4. The molecule has 23 heavy (non-hydrogen) atoms. The van der Waals surface area contributed by atoms with Gasteiger partial charge in [0.1, 0.15) is 17.1 Å². The van der Waals surface area contributed by atoms with Crippen LogP contribution in [0.1, 0.15) is 57.3 Å². The van der Waals surface area contributed by atoms with Crippen molar-refractivity contribution in [3.8, 4) is 5.75 Å². The summed E-state index contributed by atoms with van der Waals surface area (Å²) in [4.78, 5) is 0. The Kier molecular flexibility index (Phi) is 4.96. The molecule has 0 radical (unpaired) electrons. The number of benzene rings is 1. The van der Waals surface area contributed by atoms with Gasteiger partial charge in [0.2, 0.25) is 0 Å². The summed E-state index contributed by atoms with van der Waals surface area (Å²) in [6, 6.07) is 6.76. The first-order valence-corrected chi connectivity index (χ1v) is 9.09. The normalized spacial score (nSPS) is 26.5. The van der Waals surface area contributed by atoms with Gasteiger partial charge in [-0.2, -0.15) is 0 Å². The van der Waals surface area contributed by atoms with Gasteiger partial charge in [-0.15, -0.1) is 0 Å². The van der Waals surface area contributed by atoms with Gasteiger partial charge in [-0.05, 0) is 56.3 Å². The minimum atomic E-state index is 0.532. The lowest BCUT2D eigenvalue weighted by Gasteiger charge is -2.33. The zero-order chi connectivity index (χ0) is 16.4. The number of nitrogens with one attached hydrogen (secondary N) is 1. The van der Waals surface area contributed by atoms with Crippen LogP contribution in [0.5, 0.6) is 5.75 Å². The second-order valence-electron chi connectivity index (χ2n) is 6.64. The van der Waals surface area contributed by atoms with Crippen molar-refractivity contribution in [2.75, 3.05) is 13.7 Å². The van der Waals surface area contributed by atoms with Gasteiger partial charge in [-0.1, -0.05) is 20.8 Å². The molecule has 3 heteroatoms. The lowest BCUT2D eigenvalue weighted by Crippen LogP contribution is -2.38. The maximum absolute atomic E-state index is 6.29. The van der Waals surface area contributed by atoms with E-state index in [-0.39, 0.29) is 0 Å². The molecule has 1 aromatic carbocycles. The third kappa shape index (κ3) is 2.99. The third-order valence-corrected chi connectivity index (χ3v) is 5.26. The molecule has 0 saturated heterocycles. The average molecular weight is 315 g/mol. The molecule has 0 amide bonds.